The van der Waals surface area contributed by atoms with Gasteiger partial charge in [0.05, 0.1) is 10.5 Å². The van der Waals surface area contributed by atoms with E-state index in [2.05, 4.69) is 10.6 Å². The third-order valence-electron chi connectivity index (χ3n) is 3.96. The Hall–Kier alpha value is -2.80. The largest absolute Gasteiger partial charge is 0.538 e. The normalized spacial score (nSPS) is 12.0. The van der Waals surface area contributed by atoms with Gasteiger partial charge in [-0.05, 0) is 48.3 Å². The summed E-state index contributed by atoms with van der Waals surface area (Å²) in [5.41, 5.74) is 3.48. The lowest BCUT2D eigenvalue weighted by molar-refractivity contribution is -0.705. The molecule has 2 aromatic carbocycles. The van der Waals surface area contributed by atoms with Gasteiger partial charge in [0, 0.05) is 17.8 Å². The van der Waals surface area contributed by atoms with Crippen molar-refractivity contribution in [3.8, 4) is 11.6 Å². The lowest BCUT2D eigenvalue weighted by atomic mass is 10.1. The maximum atomic E-state index is 12.6. The van der Waals surface area contributed by atoms with Crippen LogP contribution in [-0.4, -0.2) is 16.4 Å². The number of carbonyl (C=O) groups excluding carboxylic acids is 1. The second-order valence-corrected chi connectivity index (χ2v) is 7.26. The van der Waals surface area contributed by atoms with Gasteiger partial charge >= 0.3 is 0 Å². The lowest BCUT2D eigenvalue weighted by Gasteiger charge is -2.14. The van der Waals surface area contributed by atoms with Gasteiger partial charge in [-0.1, -0.05) is 36.4 Å². The van der Waals surface area contributed by atoms with Gasteiger partial charge < -0.3 is 14.9 Å². The molecule has 1 atom stereocenters. The van der Waals surface area contributed by atoms with Crippen molar-refractivity contribution < 1.29 is 19.1 Å². The quantitative estimate of drug-likeness (QED) is 0.552. The zero-order valence-electron chi connectivity index (χ0n) is 14.7. The van der Waals surface area contributed by atoms with E-state index in [0.29, 0.717) is 5.69 Å². The maximum Gasteiger partial charge on any atom is 0.298 e. The van der Waals surface area contributed by atoms with Crippen LogP contribution in [0.15, 0.2) is 58.1 Å². The van der Waals surface area contributed by atoms with Crippen molar-refractivity contribution in [2.24, 2.45) is 0 Å². The molecule has 3 aromatic rings. The molecule has 1 aromatic heterocycles. The maximum absolute atomic E-state index is 12.6. The number of carbonyl (C=O) groups is 1. The molecule has 0 spiro atoms. The molecule has 1 heterocycles. The monoisotopic (exact) mass is 369 g/mol. The Morgan fingerprint density at radius 3 is 2.46 bits per heavy atom. The van der Waals surface area contributed by atoms with E-state index in [9.17, 15) is 9.90 Å². The fourth-order valence-electron chi connectivity index (χ4n) is 2.53. The zero-order valence-corrected chi connectivity index (χ0v) is 15.5. The molecule has 0 saturated carbocycles. The summed E-state index contributed by atoms with van der Waals surface area (Å²) in [7, 11) is 0. The van der Waals surface area contributed by atoms with E-state index in [4.69, 9.17) is 4.52 Å². The van der Waals surface area contributed by atoms with Gasteiger partial charge in [-0.3, -0.25) is 4.79 Å². The molecule has 0 aliphatic carbocycles. The fourth-order valence-corrected chi connectivity index (χ4v) is 3.40. The predicted molar refractivity (Wildman–Crippen MR) is 97.3 cm³/mol. The van der Waals surface area contributed by atoms with Crippen molar-refractivity contribution in [1.82, 2.24) is 5.27 Å². The van der Waals surface area contributed by atoms with Crippen LogP contribution in [0.1, 0.15) is 18.1 Å². The number of aryl methyl sites for hydroxylation is 2. The zero-order chi connectivity index (χ0) is 18.7. The number of para-hydroxylation sites is 2. The number of nitrogens with zero attached hydrogens (tertiary/aromatic N) is 2. The molecule has 0 aliphatic rings. The van der Waals surface area contributed by atoms with Crippen molar-refractivity contribution in [3.63, 3.8) is 0 Å². The van der Waals surface area contributed by atoms with E-state index in [-0.39, 0.29) is 10.9 Å². The van der Waals surface area contributed by atoms with Crippen LogP contribution in [0.2, 0.25) is 0 Å². The molecular weight excluding hydrogens is 350 g/mol. The molecule has 1 amide bonds. The summed E-state index contributed by atoms with van der Waals surface area (Å²) in [6, 6.07) is 15.0. The molecule has 26 heavy (non-hydrogen) atoms. The fraction of sp³-hybridized carbons (Fsp3) is 0.211. The molecule has 134 valence electrons. The van der Waals surface area contributed by atoms with Crippen molar-refractivity contribution >= 4 is 23.4 Å². The summed E-state index contributed by atoms with van der Waals surface area (Å²) in [6.07, 6.45) is 0. The van der Waals surface area contributed by atoms with Gasteiger partial charge in [0.25, 0.3) is 5.03 Å². The van der Waals surface area contributed by atoms with Crippen LogP contribution in [0.3, 0.4) is 0 Å². The molecule has 1 N–H and O–H groups in total. The molecule has 7 heteroatoms. The Balaban J connectivity index is 1.79. The van der Waals surface area contributed by atoms with Crippen molar-refractivity contribution in [1.29, 1.82) is 0 Å². The number of rotatable bonds is 5. The average Bonchev–Trinajstić information content (AvgIpc) is 2.99. The number of thioether (sulfide) groups is 1. The van der Waals surface area contributed by atoms with Gasteiger partial charge in [-0.2, -0.15) is 0 Å². The smallest absolute Gasteiger partial charge is 0.298 e. The number of anilines is 1. The number of benzene rings is 2. The average molecular weight is 369 g/mol. The molecule has 3 rings (SSSR count). The SMILES string of the molecule is Cc1cccc(C)c1NC(=O)C(C)Sc1c([O-])on[n+]1-c1ccccc1. The summed E-state index contributed by atoms with van der Waals surface area (Å²) < 4.78 is 6.20. The Morgan fingerprint density at radius 1 is 1.15 bits per heavy atom. The molecule has 0 aliphatic heterocycles. The Kier molecular flexibility index (Phi) is 5.27. The lowest BCUT2D eigenvalue weighted by Crippen LogP contribution is -2.36. The van der Waals surface area contributed by atoms with E-state index >= 15 is 0 Å². The number of aromatic nitrogens is 2. The van der Waals surface area contributed by atoms with Gasteiger partial charge in [0.1, 0.15) is 0 Å². The first-order valence-corrected chi connectivity index (χ1v) is 9.03. The third-order valence-corrected chi connectivity index (χ3v) is 5.09. The van der Waals surface area contributed by atoms with E-state index in [1.807, 2.05) is 62.4 Å². The number of hydrogen-bond acceptors (Lipinski definition) is 5. The second-order valence-electron chi connectivity index (χ2n) is 5.93. The first kappa shape index (κ1) is 18.0. The minimum Gasteiger partial charge on any atom is -0.538 e. The first-order chi connectivity index (χ1) is 12.5. The van der Waals surface area contributed by atoms with Gasteiger partial charge in [-0.15, -0.1) is 0 Å². The molecular formula is C19H19N3O3S. The molecule has 1 unspecified atom stereocenters. The van der Waals surface area contributed by atoms with Crippen LogP contribution in [0.25, 0.3) is 5.69 Å². The molecule has 0 fully saturated rings. The van der Waals surface area contributed by atoms with E-state index in [0.717, 1.165) is 28.6 Å². The van der Waals surface area contributed by atoms with Crippen LogP contribution in [0.5, 0.6) is 5.95 Å². The van der Waals surface area contributed by atoms with Crippen LogP contribution >= 0.6 is 11.8 Å². The van der Waals surface area contributed by atoms with Crippen molar-refractivity contribution in [2.45, 2.75) is 31.0 Å². The minimum atomic E-state index is -0.564. The number of amides is 1. The highest BCUT2D eigenvalue weighted by Crippen LogP contribution is 2.28. The summed E-state index contributed by atoms with van der Waals surface area (Å²) in [5, 5.41) is 18.5. The third kappa shape index (κ3) is 3.72. The van der Waals surface area contributed by atoms with Crippen molar-refractivity contribution in [3.05, 3.63) is 59.7 Å². The number of hydrogen-bond donors (Lipinski definition) is 1. The minimum absolute atomic E-state index is 0.187. The highest BCUT2D eigenvalue weighted by molar-refractivity contribution is 8.00. The van der Waals surface area contributed by atoms with E-state index in [1.54, 1.807) is 6.92 Å². The molecule has 6 nitrogen and oxygen atoms in total. The van der Waals surface area contributed by atoms with Gasteiger partial charge in [-0.25, -0.2) is 0 Å². The summed E-state index contributed by atoms with van der Waals surface area (Å²) in [5.74, 6) is -0.752. The first-order valence-electron chi connectivity index (χ1n) is 8.15. The predicted octanol–water partition coefficient (Wildman–Crippen LogP) is 2.76. The van der Waals surface area contributed by atoms with Gasteiger partial charge in [0.2, 0.25) is 11.6 Å². The standard InChI is InChI=1S/C19H19N3O3S/c1-12-8-7-9-13(2)16(12)20-17(23)14(3)26-18-19(24)25-21-22(18)15-10-5-4-6-11-15/h4-11,14H,1-3H3,(H-,20,21,23,24). The Morgan fingerprint density at radius 2 is 1.81 bits per heavy atom. The van der Waals surface area contributed by atoms with Gasteiger partial charge in [0.15, 0.2) is 5.95 Å². The van der Waals surface area contributed by atoms with Crippen LogP contribution in [0, 0.1) is 13.8 Å². The topological polar surface area (TPSA) is 82.1 Å². The number of nitrogens with one attached hydrogen (secondary N) is 1. The van der Waals surface area contributed by atoms with Crippen molar-refractivity contribution in [2.75, 3.05) is 5.32 Å². The van der Waals surface area contributed by atoms with Crippen LogP contribution in [-0.2, 0) is 4.79 Å². The second kappa shape index (κ2) is 7.61. The molecule has 0 bridgehead atoms. The highest BCUT2D eigenvalue weighted by Gasteiger charge is 2.26. The highest BCUT2D eigenvalue weighted by atomic mass is 32.2. The van der Waals surface area contributed by atoms with E-state index < -0.39 is 11.2 Å². The summed E-state index contributed by atoms with van der Waals surface area (Å²) >= 11 is 1.12. The molecule has 0 saturated heterocycles. The van der Waals surface area contributed by atoms with E-state index in [1.165, 1.54) is 4.68 Å². The molecule has 0 radical (unpaired) electrons. The van der Waals surface area contributed by atoms with Crippen LogP contribution < -0.4 is 15.1 Å². The summed E-state index contributed by atoms with van der Waals surface area (Å²) in [4.78, 5) is 12.6. The Labute approximate surface area is 155 Å². The van der Waals surface area contributed by atoms with Crippen LogP contribution in [0.4, 0.5) is 5.69 Å². The Bertz CT molecular complexity index is 905. The summed E-state index contributed by atoms with van der Waals surface area (Å²) in [6.45, 7) is 5.63.